The number of aromatic nitrogens is 3. The summed E-state index contributed by atoms with van der Waals surface area (Å²) in [6.45, 7) is 23.3. The minimum Gasteiger partial charge on any atom is -0.490 e. The second-order valence-corrected chi connectivity index (χ2v) is 14.9. The van der Waals surface area contributed by atoms with Crippen molar-refractivity contribution in [2.24, 2.45) is 0 Å². The Morgan fingerprint density at radius 2 is 1.78 bits per heavy atom. The van der Waals surface area contributed by atoms with Crippen LogP contribution in [0.15, 0.2) is 67.8 Å². The van der Waals surface area contributed by atoms with E-state index in [0.717, 1.165) is 46.6 Å². The van der Waals surface area contributed by atoms with E-state index < -0.39 is 17.7 Å². The Morgan fingerprint density at radius 3 is 2.43 bits per heavy atom. The molecule has 1 fully saturated rings. The Morgan fingerprint density at radius 1 is 1.08 bits per heavy atom. The van der Waals surface area contributed by atoms with E-state index in [-0.39, 0.29) is 11.7 Å². The maximum Gasteiger partial charge on any atom is 0.339 e. The van der Waals surface area contributed by atoms with Crippen molar-refractivity contribution in [3.8, 4) is 28.1 Å². The Hall–Kier alpha value is -4.18. The fourth-order valence-electron chi connectivity index (χ4n) is 6.48. The van der Waals surface area contributed by atoms with Crippen LogP contribution in [0.4, 0.5) is 5.82 Å². The lowest BCUT2D eigenvalue weighted by Gasteiger charge is -2.41. The Bertz CT molecular complexity index is 1900. The van der Waals surface area contributed by atoms with Crippen molar-refractivity contribution >= 4 is 29.0 Å². The van der Waals surface area contributed by atoms with Crippen LogP contribution in [0, 0.1) is 13.8 Å². The van der Waals surface area contributed by atoms with Crippen LogP contribution >= 0.6 is 11.6 Å². The molecule has 0 unspecified atom stereocenters. The second-order valence-electron chi connectivity index (χ2n) is 14.5. The lowest BCUT2D eigenvalue weighted by Crippen LogP contribution is -2.45. The van der Waals surface area contributed by atoms with Crippen molar-refractivity contribution in [3.63, 3.8) is 0 Å². The van der Waals surface area contributed by atoms with E-state index in [1.54, 1.807) is 6.08 Å². The number of anilines is 1. The van der Waals surface area contributed by atoms with E-state index >= 15 is 0 Å². The molecule has 0 aliphatic carbocycles. The molecular formula is C41H51ClN4O5. The molecule has 0 radical (unpaired) electrons. The minimum atomic E-state index is -1.02. The molecule has 0 amide bonds. The molecule has 1 aliphatic heterocycles. The van der Waals surface area contributed by atoms with E-state index in [4.69, 9.17) is 40.6 Å². The molecule has 2 aromatic carbocycles. The molecule has 0 bridgehead atoms. The fourth-order valence-corrected chi connectivity index (χ4v) is 6.63. The summed E-state index contributed by atoms with van der Waals surface area (Å²) in [4.78, 5) is 20.7. The van der Waals surface area contributed by atoms with Crippen LogP contribution in [0.5, 0.6) is 5.75 Å². The summed E-state index contributed by atoms with van der Waals surface area (Å²) in [7, 11) is 1.38. The van der Waals surface area contributed by atoms with Crippen molar-refractivity contribution in [2.45, 2.75) is 91.1 Å². The van der Waals surface area contributed by atoms with Gasteiger partial charge in [0.05, 0.1) is 42.3 Å². The zero-order valence-corrected chi connectivity index (χ0v) is 32.0. The normalized spacial score (nSPS) is 15.7. The Labute approximate surface area is 307 Å². The fraction of sp³-hybridized carbons (Fsp3) is 0.439. The number of halogens is 1. The number of hydrogen-bond acceptors (Lipinski definition) is 8. The van der Waals surface area contributed by atoms with Crippen LogP contribution in [-0.4, -0.2) is 64.7 Å². The van der Waals surface area contributed by atoms with Gasteiger partial charge in [0.25, 0.3) is 0 Å². The number of esters is 1. The first-order valence-corrected chi connectivity index (χ1v) is 17.9. The first-order valence-electron chi connectivity index (χ1n) is 17.5. The van der Waals surface area contributed by atoms with Gasteiger partial charge < -0.3 is 23.8 Å². The number of carbonyl (C=O) groups excluding carboxylic acids is 1. The highest BCUT2D eigenvalue weighted by Gasteiger charge is 2.38. The van der Waals surface area contributed by atoms with Gasteiger partial charge in [0.15, 0.2) is 11.8 Å². The average molecular weight is 715 g/mol. The van der Waals surface area contributed by atoms with Crippen molar-refractivity contribution in [3.05, 3.63) is 89.6 Å². The van der Waals surface area contributed by atoms with Gasteiger partial charge in [0.1, 0.15) is 11.6 Å². The van der Waals surface area contributed by atoms with Crippen molar-refractivity contribution in [2.75, 3.05) is 31.7 Å². The Kier molecular flexibility index (Phi) is 11.6. The van der Waals surface area contributed by atoms with Gasteiger partial charge in [-0.2, -0.15) is 9.61 Å². The van der Waals surface area contributed by atoms with E-state index in [9.17, 15) is 4.79 Å². The largest absolute Gasteiger partial charge is 0.490 e. The lowest BCUT2D eigenvalue weighted by atomic mass is 9.92. The number of piperidine rings is 1. The maximum absolute atomic E-state index is 13.4. The molecule has 3 heterocycles. The van der Waals surface area contributed by atoms with Gasteiger partial charge in [-0.3, -0.25) is 0 Å². The summed E-state index contributed by atoms with van der Waals surface area (Å²) >= 11 is 6.56. The van der Waals surface area contributed by atoms with Crippen LogP contribution in [0.3, 0.4) is 0 Å². The quantitative estimate of drug-likeness (QED) is 0.100. The summed E-state index contributed by atoms with van der Waals surface area (Å²) in [5.41, 5.74) is 5.52. The van der Waals surface area contributed by atoms with Crippen LogP contribution in [0.25, 0.3) is 28.0 Å². The topological polar surface area (TPSA) is 87.4 Å². The van der Waals surface area contributed by atoms with E-state index in [1.807, 2.05) is 76.4 Å². The molecule has 4 aromatic rings. The zero-order valence-electron chi connectivity index (χ0n) is 31.2. The summed E-state index contributed by atoms with van der Waals surface area (Å²) in [5.74, 6) is 0.967. The highest BCUT2D eigenvalue weighted by atomic mass is 35.5. The third-order valence-electron chi connectivity index (χ3n) is 9.18. The number of ether oxygens (including phenoxy) is 4. The van der Waals surface area contributed by atoms with Gasteiger partial charge in [0, 0.05) is 47.4 Å². The van der Waals surface area contributed by atoms with Gasteiger partial charge in [-0.1, -0.05) is 42.0 Å². The lowest BCUT2D eigenvalue weighted by molar-refractivity contribution is -0.164. The number of methoxy groups -OCH3 is 1. The monoisotopic (exact) mass is 714 g/mol. The predicted molar refractivity (Wildman–Crippen MR) is 205 cm³/mol. The molecule has 5 rings (SSSR count). The van der Waals surface area contributed by atoms with Crippen LogP contribution in [0.1, 0.15) is 76.8 Å². The SMILES string of the molecule is C=CCOC1(C)CCN(c2c([C@H](OC(C)(C)C)C(=O)OC)c(C)nc3cc(-c4cccc(-c5cc(C)c(Cl)cc5O[C@@H](C)CC=C)c4)nn23)CC1. The molecule has 9 nitrogen and oxygen atoms in total. The van der Waals surface area contributed by atoms with Crippen LogP contribution < -0.4 is 9.64 Å². The molecule has 1 saturated heterocycles. The number of fused-ring (bicyclic) bond motifs is 1. The van der Waals surface area contributed by atoms with Crippen molar-refractivity contribution in [1.82, 2.24) is 14.6 Å². The van der Waals surface area contributed by atoms with E-state index in [0.29, 0.717) is 53.8 Å². The second kappa shape index (κ2) is 15.6. The highest BCUT2D eigenvalue weighted by Crippen LogP contribution is 2.40. The summed E-state index contributed by atoms with van der Waals surface area (Å²) in [6, 6.07) is 14.1. The molecule has 0 spiro atoms. The number of hydrogen-bond donors (Lipinski definition) is 0. The van der Waals surface area contributed by atoms with Crippen molar-refractivity contribution < 1.29 is 23.7 Å². The van der Waals surface area contributed by atoms with Gasteiger partial charge in [-0.05, 0) is 90.6 Å². The molecule has 2 atom stereocenters. The van der Waals surface area contributed by atoms with Gasteiger partial charge in [-0.25, -0.2) is 9.78 Å². The first-order chi connectivity index (χ1) is 24.2. The maximum atomic E-state index is 13.4. The third-order valence-corrected chi connectivity index (χ3v) is 9.59. The van der Waals surface area contributed by atoms with Crippen LogP contribution in [-0.2, 0) is 19.0 Å². The molecular weight excluding hydrogens is 664 g/mol. The third kappa shape index (κ3) is 8.66. The number of aryl methyl sites for hydroxylation is 2. The van der Waals surface area contributed by atoms with Crippen LogP contribution in [0.2, 0.25) is 5.02 Å². The highest BCUT2D eigenvalue weighted by molar-refractivity contribution is 6.31. The first kappa shape index (κ1) is 38.1. The summed E-state index contributed by atoms with van der Waals surface area (Å²) in [5, 5.41) is 5.81. The smallest absolute Gasteiger partial charge is 0.339 e. The van der Waals surface area contributed by atoms with E-state index in [2.05, 4.69) is 43.2 Å². The number of carbonyl (C=O) groups is 1. The molecule has 272 valence electrons. The summed E-state index contributed by atoms with van der Waals surface area (Å²) < 4.78 is 26.1. The van der Waals surface area contributed by atoms with Gasteiger partial charge in [0.2, 0.25) is 0 Å². The summed E-state index contributed by atoms with van der Waals surface area (Å²) in [6.07, 6.45) is 4.80. The standard InChI is InChI=1S/C41H51ClN4O5/c1-11-14-27(4)50-34-24-32(42)26(3)22-31(34)29-15-13-16-30(23-29)33-25-35-43-28(5)36(37(39(47)48-10)51-40(6,7)8)38(46(35)44-33)45-19-17-41(9,18-20-45)49-21-12-2/h11-13,15-16,22-25,27,37H,1-2,14,17-21H2,3-10H3/t27-,37-/m0/s1. The van der Waals surface area contributed by atoms with Gasteiger partial charge in [-0.15, -0.1) is 13.2 Å². The molecule has 0 saturated carbocycles. The zero-order chi connectivity index (χ0) is 37.1. The number of nitrogens with zero attached hydrogens (tertiary/aromatic N) is 4. The van der Waals surface area contributed by atoms with E-state index in [1.165, 1.54) is 7.11 Å². The minimum absolute atomic E-state index is 0.0687. The Balaban J connectivity index is 1.65. The molecule has 0 N–H and O–H groups in total. The van der Waals surface area contributed by atoms with Crippen molar-refractivity contribution in [1.29, 1.82) is 0 Å². The predicted octanol–water partition coefficient (Wildman–Crippen LogP) is 9.27. The average Bonchev–Trinajstić information content (AvgIpc) is 3.51. The molecule has 51 heavy (non-hydrogen) atoms. The molecule has 2 aromatic heterocycles. The molecule has 1 aliphatic rings. The molecule has 10 heteroatoms. The number of benzene rings is 2. The number of rotatable bonds is 13. The van der Waals surface area contributed by atoms with Gasteiger partial charge >= 0.3 is 5.97 Å².